The van der Waals surface area contributed by atoms with E-state index in [1.54, 1.807) is 0 Å². The lowest BCUT2D eigenvalue weighted by Gasteiger charge is -2.26. The fourth-order valence-corrected chi connectivity index (χ4v) is 2.24. The van der Waals surface area contributed by atoms with E-state index < -0.39 is 18.1 Å². The molecule has 0 aromatic carbocycles. The van der Waals surface area contributed by atoms with Crippen molar-refractivity contribution in [3.63, 3.8) is 0 Å². The molecule has 0 saturated carbocycles. The Hall–Kier alpha value is -1.59. The Morgan fingerprint density at radius 2 is 2.11 bits per heavy atom. The van der Waals surface area contributed by atoms with Crippen molar-refractivity contribution in [3.05, 3.63) is 0 Å². The molecule has 0 spiro atoms. The average molecular weight is 270 g/mol. The highest BCUT2D eigenvalue weighted by Gasteiger charge is 2.30. The van der Waals surface area contributed by atoms with Gasteiger partial charge in [-0.25, -0.2) is 0 Å². The molecule has 1 rings (SSSR count). The molecule has 1 heterocycles. The lowest BCUT2D eigenvalue weighted by molar-refractivity contribution is -0.138. The van der Waals surface area contributed by atoms with E-state index in [0.717, 1.165) is 0 Å². The van der Waals surface area contributed by atoms with Gasteiger partial charge in [0.1, 0.15) is 6.04 Å². The quantitative estimate of drug-likeness (QED) is 0.684. The molecule has 0 aromatic rings. The number of nitrogens with one attached hydrogen (secondary N) is 2. The summed E-state index contributed by atoms with van der Waals surface area (Å²) >= 11 is 0. The predicted molar refractivity (Wildman–Crippen MR) is 69.4 cm³/mol. The Labute approximate surface area is 112 Å². The fourth-order valence-electron chi connectivity index (χ4n) is 2.24. The van der Waals surface area contributed by atoms with Gasteiger partial charge in [0.05, 0.1) is 6.42 Å². The summed E-state index contributed by atoms with van der Waals surface area (Å²) in [7, 11) is 0. The molecular weight excluding hydrogens is 248 g/mol. The molecule has 0 radical (unpaired) electrons. The number of carboxylic acid groups (broad SMARTS) is 1. The maximum absolute atomic E-state index is 11.9. The molecule has 1 aliphatic heterocycles. The van der Waals surface area contributed by atoms with E-state index in [4.69, 9.17) is 5.11 Å². The number of hydrogen-bond donors (Lipinski definition) is 3. The fraction of sp³-hybridized carbons (Fsp3) is 0.769. The molecule has 3 N–H and O–H groups in total. The maximum atomic E-state index is 11.9. The molecule has 1 unspecified atom stereocenters. The minimum atomic E-state index is -0.940. The number of carbonyl (C=O) groups is 3. The molecule has 1 aliphatic rings. The molecule has 19 heavy (non-hydrogen) atoms. The van der Waals surface area contributed by atoms with E-state index >= 15 is 0 Å². The van der Waals surface area contributed by atoms with Gasteiger partial charge in [-0.15, -0.1) is 0 Å². The van der Waals surface area contributed by atoms with Gasteiger partial charge in [0.15, 0.2) is 0 Å². The van der Waals surface area contributed by atoms with Crippen molar-refractivity contribution in [2.24, 2.45) is 5.41 Å². The van der Waals surface area contributed by atoms with Gasteiger partial charge in [0.25, 0.3) is 0 Å². The summed E-state index contributed by atoms with van der Waals surface area (Å²) in [6.45, 7) is 5.97. The minimum Gasteiger partial charge on any atom is -0.481 e. The SMILES string of the molecule is CC(C)(C)CC(CC(=O)O)NC(=O)[C@@H]1CCC(=O)N1. The number of aliphatic carboxylic acids is 1. The number of amides is 2. The Kier molecular flexibility index (Phi) is 4.91. The number of carbonyl (C=O) groups excluding carboxylic acids is 2. The van der Waals surface area contributed by atoms with Crippen molar-refractivity contribution in [1.29, 1.82) is 0 Å². The van der Waals surface area contributed by atoms with Crippen LogP contribution in [0.4, 0.5) is 0 Å². The van der Waals surface area contributed by atoms with Crippen LogP contribution in [-0.2, 0) is 14.4 Å². The first kappa shape index (κ1) is 15.5. The zero-order valence-electron chi connectivity index (χ0n) is 11.7. The maximum Gasteiger partial charge on any atom is 0.305 e. The van der Waals surface area contributed by atoms with E-state index in [1.807, 2.05) is 20.8 Å². The Bertz CT molecular complexity index is 373. The third-order valence-corrected chi connectivity index (χ3v) is 2.94. The zero-order valence-corrected chi connectivity index (χ0v) is 11.7. The third-order valence-electron chi connectivity index (χ3n) is 2.94. The van der Waals surface area contributed by atoms with E-state index in [1.165, 1.54) is 0 Å². The topological polar surface area (TPSA) is 95.5 Å². The number of rotatable bonds is 5. The number of hydrogen-bond acceptors (Lipinski definition) is 3. The molecule has 0 aromatic heterocycles. The largest absolute Gasteiger partial charge is 0.481 e. The van der Waals surface area contributed by atoms with E-state index in [-0.39, 0.29) is 23.7 Å². The lowest BCUT2D eigenvalue weighted by Crippen LogP contribution is -2.47. The summed E-state index contributed by atoms with van der Waals surface area (Å²) in [5.74, 6) is -1.36. The minimum absolute atomic E-state index is 0.0771. The van der Waals surface area contributed by atoms with Gasteiger partial charge >= 0.3 is 5.97 Å². The van der Waals surface area contributed by atoms with Crippen LogP contribution in [0.2, 0.25) is 0 Å². The van der Waals surface area contributed by atoms with Gasteiger partial charge in [-0.1, -0.05) is 20.8 Å². The Balaban J connectivity index is 2.58. The third kappa shape index (κ3) is 5.72. The molecule has 2 amide bonds. The van der Waals surface area contributed by atoms with Crippen LogP contribution in [0.15, 0.2) is 0 Å². The van der Waals surface area contributed by atoms with Gasteiger partial charge in [0.2, 0.25) is 11.8 Å². The smallest absolute Gasteiger partial charge is 0.305 e. The highest BCUT2D eigenvalue weighted by molar-refractivity contribution is 5.91. The van der Waals surface area contributed by atoms with Crippen LogP contribution in [0.25, 0.3) is 0 Å². The van der Waals surface area contributed by atoms with Gasteiger partial charge in [-0.05, 0) is 18.3 Å². The van der Waals surface area contributed by atoms with E-state index in [9.17, 15) is 14.4 Å². The molecule has 0 bridgehead atoms. The molecule has 2 atom stereocenters. The molecular formula is C13H22N2O4. The van der Waals surface area contributed by atoms with Crippen LogP contribution in [0.5, 0.6) is 0 Å². The summed E-state index contributed by atoms with van der Waals surface area (Å²) in [5, 5.41) is 14.2. The van der Waals surface area contributed by atoms with Crippen LogP contribution < -0.4 is 10.6 Å². The second-order valence-electron chi connectivity index (χ2n) is 6.23. The van der Waals surface area contributed by atoms with Crippen LogP contribution in [0.3, 0.4) is 0 Å². The standard InChI is InChI=1S/C13H22N2O4/c1-13(2,3)7-8(6-11(17)18)14-12(19)9-4-5-10(16)15-9/h8-9H,4-7H2,1-3H3,(H,14,19)(H,15,16)(H,17,18)/t8?,9-/m0/s1. The first-order valence-corrected chi connectivity index (χ1v) is 6.49. The zero-order chi connectivity index (χ0) is 14.6. The highest BCUT2D eigenvalue weighted by Crippen LogP contribution is 2.22. The van der Waals surface area contributed by atoms with Gasteiger partial charge in [-0.2, -0.15) is 0 Å². The summed E-state index contributed by atoms with van der Waals surface area (Å²) < 4.78 is 0. The summed E-state index contributed by atoms with van der Waals surface area (Å²) in [6.07, 6.45) is 1.29. The van der Waals surface area contributed by atoms with Gasteiger partial charge in [0, 0.05) is 12.5 Å². The highest BCUT2D eigenvalue weighted by atomic mass is 16.4. The summed E-state index contributed by atoms with van der Waals surface area (Å²) in [6, 6.07) is -0.939. The van der Waals surface area contributed by atoms with Crippen LogP contribution in [0.1, 0.15) is 46.5 Å². The second-order valence-corrected chi connectivity index (χ2v) is 6.23. The summed E-state index contributed by atoms with van der Waals surface area (Å²) in [4.78, 5) is 33.8. The van der Waals surface area contributed by atoms with Crippen LogP contribution in [0, 0.1) is 5.41 Å². The van der Waals surface area contributed by atoms with Crippen molar-refractivity contribution >= 4 is 17.8 Å². The van der Waals surface area contributed by atoms with Crippen molar-refractivity contribution in [3.8, 4) is 0 Å². The van der Waals surface area contributed by atoms with Crippen LogP contribution >= 0.6 is 0 Å². The summed E-state index contributed by atoms with van der Waals surface area (Å²) in [5.41, 5.74) is -0.0771. The van der Waals surface area contributed by atoms with Gasteiger partial charge < -0.3 is 15.7 Å². The van der Waals surface area contributed by atoms with Crippen molar-refractivity contribution < 1.29 is 19.5 Å². The van der Waals surface area contributed by atoms with Crippen molar-refractivity contribution in [2.45, 2.75) is 58.5 Å². The molecule has 1 saturated heterocycles. The van der Waals surface area contributed by atoms with Crippen LogP contribution in [-0.4, -0.2) is 35.0 Å². The predicted octanol–water partition coefficient (Wildman–Crippen LogP) is 0.661. The molecule has 108 valence electrons. The van der Waals surface area contributed by atoms with Crippen molar-refractivity contribution in [1.82, 2.24) is 10.6 Å². The van der Waals surface area contributed by atoms with E-state index in [0.29, 0.717) is 19.3 Å². The van der Waals surface area contributed by atoms with E-state index in [2.05, 4.69) is 10.6 Å². The Morgan fingerprint density at radius 1 is 1.47 bits per heavy atom. The monoisotopic (exact) mass is 270 g/mol. The first-order chi connectivity index (χ1) is 8.67. The van der Waals surface area contributed by atoms with Crippen molar-refractivity contribution in [2.75, 3.05) is 0 Å². The first-order valence-electron chi connectivity index (χ1n) is 6.49. The average Bonchev–Trinajstić information content (AvgIpc) is 2.60. The second kappa shape index (κ2) is 6.04. The molecule has 6 nitrogen and oxygen atoms in total. The lowest BCUT2D eigenvalue weighted by atomic mass is 9.87. The number of carboxylic acids is 1. The Morgan fingerprint density at radius 3 is 2.53 bits per heavy atom. The molecule has 1 fully saturated rings. The normalized spacial score (nSPS) is 20.8. The van der Waals surface area contributed by atoms with Gasteiger partial charge in [-0.3, -0.25) is 14.4 Å². The molecule has 0 aliphatic carbocycles. The molecule has 6 heteroatoms.